The molecule has 1 aromatic heterocycles. The van der Waals surface area contributed by atoms with Crippen molar-refractivity contribution in [3.05, 3.63) is 83.4 Å². The van der Waals surface area contributed by atoms with Crippen LogP contribution in [0.5, 0.6) is 5.75 Å². The third kappa shape index (κ3) is 4.65. The number of ether oxygens (including phenoxy) is 1. The van der Waals surface area contributed by atoms with Crippen LogP contribution in [0.25, 0.3) is 22.9 Å². The molecule has 1 unspecified atom stereocenters. The maximum absolute atomic E-state index is 12.9. The third-order valence-corrected chi connectivity index (χ3v) is 5.43. The minimum Gasteiger partial charge on any atom is -0.480 e. The normalized spacial score (nSPS) is 11.7. The fourth-order valence-corrected chi connectivity index (χ4v) is 3.38. The van der Waals surface area contributed by atoms with E-state index in [0.717, 1.165) is 11.1 Å². The maximum atomic E-state index is 12.9. The number of nitrogens with one attached hydrogen (secondary N) is 1. The number of anilines is 1. The molecule has 1 heterocycles. The molecule has 0 fully saturated rings. The van der Waals surface area contributed by atoms with Crippen LogP contribution in [0.15, 0.2) is 77.2 Å². The number of amides is 1. The van der Waals surface area contributed by atoms with Crippen molar-refractivity contribution < 1.29 is 13.9 Å². The minimum absolute atomic E-state index is 0.261. The molecule has 0 saturated heterocycles. The smallest absolute Gasteiger partial charge is 0.265 e. The molecule has 0 bridgehead atoms. The first-order valence-corrected chi connectivity index (χ1v) is 10.7. The molecule has 0 aliphatic rings. The number of carbonyl (C=O) groups excluding carboxylic acids is 1. The lowest BCUT2D eigenvalue weighted by molar-refractivity contribution is -0.122. The molecule has 3 aromatic carbocycles. The summed E-state index contributed by atoms with van der Waals surface area (Å²) in [5.74, 6) is 0.959. The van der Waals surface area contributed by atoms with Crippen molar-refractivity contribution in [2.24, 2.45) is 0 Å². The highest BCUT2D eigenvalue weighted by atomic mass is 35.5. The van der Waals surface area contributed by atoms with Gasteiger partial charge in [-0.25, -0.2) is 0 Å². The maximum Gasteiger partial charge on any atom is 0.265 e. The average molecular weight is 448 g/mol. The highest BCUT2D eigenvalue weighted by Gasteiger charge is 2.22. The Hall–Kier alpha value is -3.64. The molecule has 0 aliphatic carbocycles. The molecule has 7 heteroatoms. The summed E-state index contributed by atoms with van der Waals surface area (Å²) in [5, 5.41) is 11.8. The first-order chi connectivity index (χ1) is 15.6. The number of benzene rings is 3. The van der Waals surface area contributed by atoms with E-state index < -0.39 is 6.10 Å². The van der Waals surface area contributed by atoms with E-state index in [1.54, 1.807) is 18.2 Å². The van der Waals surface area contributed by atoms with Crippen molar-refractivity contribution in [1.29, 1.82) is 0 Å². The van der Waals surface area contributed by atoms with Crippen molar-refractivity contribution in [2.75, 3.05) is 5.32 Å². The summed E-state index contributed by atoms with van der Waals surface area (Å²) in [6.07, 6.45) is -0.246. The molecular formula is C25H22ClN3O3. The van der Waals surface area contributed by atoms with E-state index in [0.29, 0.717) is 40.2 Å². The molecule has 4 rings (SSSR count). The second-order valence-corrected chi connectivity index (χ2v) is 7.60. The van der Waals surface area contributed by atoms with Crippen LogP contribution < -0.4 is 10.1 Å². The zero-order valence-electron chi connectivity index (χ0n) is 17.7. The fourth-order valence-electron chi connectivity index (χ4n) is 3.21. The number of hydrogen-bond acceptors (Lipinski definition) is 5. The lowest BCUT2D eigenvalue weighted by Gasteiger charge is -2.19. The van der Waals surface area contributed by atoms with E-state index in [9.17, 15) is 4.79 Å². The topological polar surface area (TPSA) is 77.2 Å². The summed E-state index contributed by atoms with van der Waals surface area (Å²) in [5.41, 5.74) is 2.90. The average Bonchev–Trinajstić information content (AvgIpc) is 3.31. The van der Waals surface area contributed by atoms with E-state index in [4.69, 9.17) is 20.8 Å². The van der Waals surface area contributed by atoms with Gasteiger partial charge in [0.25, 0.3) is 11.8 Å². The van der Waals surface area contributed by atoms with Gasteiger partial charge in [-0.3, -0.25) is 4.79 Å². The highest BCUT2D eigenvalue weighted by molar-refractivity contribution is 6.31. The van der Waals surface area contributed by atoms with Gasteiger partial charge < -0.3 is 14.5 Å². The van der Waals surface area contributed by atoms with Crippen LogP contribution >= 0.6 is 11.6 Å². The molecule has 4 aromatic rings. The van der Waals surface area contributed by atoms with Gasteiger partial charge in [0.05, 0.1) is 5.56 Å². The zero-order chi connectivity index (χ0) is 22.5. The third-order valence-electron chi connectivity index (χ3n) is 5.02. The van der Waals surface area contributed by atoms with Gasteiger partial charge in [-0.1, -0.05) is 54.9 Å². The van der Waals surface area contributed by atoms with E-state index in [1.165, 1.54) is 0 Å². The number of aromatic nitrogens is 2. The molecule has 0 radical (unpaired) electrons. The Morgan fingerprint density at radius 3 is 2.50 bits per heavy atom. The van der Waals surface area contributed by atoms with Gasteiger partial charge in [-0.2, -0.15) is 0 Å². The van der Waals surface area contributed by atoms with Gasteiger partial charge in [0.15, 0.2) is 6.10 Å². The summed E-state index contributed by atoms with van der Waals surface area (Å²) >= 11 is 6.17. The SMILES string of the molecule is CCC(Oc1ccccc1-c1nnc(-c2ccccc2)o1)C(=O)Nc1cccc(Cl)c1C. The quantitative estimate of drug-likeness (QED) is 0.367. The second-order valence-electron chi connectivity index (χ2n) is 7.19. The predicted octanol–water partition coefficient (Wildman–Crippen LogP) is 6.16. The van der Waals surface area contributed by atoms with Crippen molar-refractivity contribution in [3.63, 3.8) is 0 Å². The molecule has 32 heavy (non-hydrogen) atoms. The zero-order valence-corrected chi connectivity index (χ0v) is 18.5. The summed E-state index contributed by atoms with van der Waals surface area (Å²) in [6, 6.07) is 22.2. The Bertz CT molecular complexity index is 1220. The van der Waals surface area contributed by atoms with Gasteiger partial charge in [-0.15, -0.1) is 10.2 Å². The summed E-state index contributed by atoms with van der Waals surface area (Å²) < 4.78 is 12.0. The summed E-state index contributed by atoms with van der Waals surface area (Å²) in [4.78, 5) is 12.9. The minimum atomic E-state index is -0.717. The van der Waals surface area contributed by atoms with Crippen molar-refractivity contribution in [1.82, 2.24) is 10.2 Å². The van der Waals surface area contributed by atoms with Crippen LogP contribution in [0.3, 0.4) is 0 Å². The molecule has 1 N–H and O–H groups in total. The van der Waals surface area contributed by atoms with Crippen LogP contribution in [0.2, 0.25) is 5.02 Å². The Morgan fingerprint density at radius 1 is 1.00 bits per heavy atom. The number of halogens is 1. The first kappa shape index (κ1) is 21.6. The van der Waals surface area contributed by atoms with Crippen LogP contribution in [-0.2, 0) is 4.79 Å². The van der Waals surface area contributed by atoms with Crippen molar-refractivity contribution in [3.8, 4) is 28.7 Å². The second kappa shape index (κ2) is 9.66. The Balaban J connectivity index is 1.56. The lowest BCUT2D eigenvalue weighted by atomic mass is 10.1. The molecular weight excluding hydrogens is 426 g/mol. The Kier molecular flexibility index (Phi) is 6.52. The summed E-state index contributed by atoms with van der Waals surface area (Å²) in [6.45, 7) is 3.74. The van der Waals surface area contributed by atoms with Crippen LogP contribution in [0.1, 0.15) is 18.9 Å². The lowest BCUT2D eigenvalue weighted by Crippen LogP contribution is -2.32. The predicted molar refractivity (Wildman–Crippen MR) is 125 cm³/mol. The molecule has 0 saturated carbocycles. The Labute approximate surface area is 191 Å². The molecule has 1 amide bonds. The standard InChI is InChI=1S/C25H22ClN3O3/c1-3-21(23(30)27-20-14-9-13-19(26)16(20)2)31-22-15-8-7-12-18(22)25-29-28-24(32-25)17-10-5-4-6-11-17/h4-15,21H,3H2,1-2H3,(H,27,30). The number of hydrogen-bond donors (Lipinski definition) is 1. The molecule has 162 valence electrons. The van der Waals surface area contributed by atoms with Crippen LogP contribution in [0, 0.1) is 6.92 Å². The number of para-hydroxylation sites is 1. The van der Waals surface area contributed by atoms with Crippen molar-refractivity contribution >= 4 is 23.2 Å². The van der Waals surface area contributed by atoms with Gasteiger partial charge >= 0.3 is 0 Å². The fraction of sp³-hybridized carbons (Fsp3) is 0.160. The highest BCUT2D eigenvalue weighted by Crippen LogP contribution is 2.32. The van der Waals surface area contributed by atoms with Gasteiger partial charge in [0.1, 0.15) is 5.75 Å². The van der Waals surface area contributed by atoms with Gasteiger partial charge in [-0.05, 0) is 55.3 Å². The molecule has 6 nitrogen and oxygen atoms in total. The van der Waals surface area contributed by atoms with Crippen LogP contribution in [0.4, 0.5) is 5.69 Å². The largest absolute Gasteiger partial charge is 0.480 e. The number of carbonyl (C=O) groups is 1. The van der Waals surface area contributed by atoms with Crippen LogP contribution in [-0.4, -0.2) is 22.2 Å². The Morgan fingerprint density at radius 2 is 1.72 bits per heavy atom. The first-order valence-electron chi connectivity index (χ1n) is 10.3. The van der Waals surface area contributed by atoms with Gasteiger partial charge in [0, 0.05) is 16.3 Å². The molecule has 0 spiro atoms. The summed E-state index contributed by atoms with van der Waals surface area (Å²) in [7, 11) is 0. The number of rotatable bonds is 7. The van der Waals surface area contributed by atoms with E-state index in [1.807, 2.05) is 68.4 Å². The monoisotopic (exact) mass is 447 g/mol. The van der Waals surface area contributed by atoms with Gasteiger partial charge in [0.2, 0.25) is 5.89 Å². The molecule has 0 aliphatic heterocycles. The van der Waals surface area contributed by atoms with E-state index in [2.05, 4.69) is 15.5 Å². The van der Waals surface area contributed by atoms with Crippen molar-refractivity contribution in [2.45, 2.75) is 26.4 Å². The van der Waals surface area contributed by atoms with E-state index >= 15 is 0 Å². The van der Waals surface area contributed by atoms with E-state index in [-0.39, 0.29) is 5.91 Å². The number of nitrogens with zero attached hydrogens (tertiary/aromatic N) is 2. The molecule has 1 atom stereocenters.